The molecule has 2 aromatic carbocycles. The highest BCUT2D eigenvalue weighted by molar-refractivity contribution is 5.30. The second-order valence-electron chi connectivity index (χ2n) is 7.05. The summed E-state index contributed by atoms with van der Waals surface area (Å²) in [5, 5.41) is 0. The standard InChI is InChI=1S/C15H14F2O.C7H14.C2H6/c1-10-3-5-12(6-4-10)9-18-13-7-11(2)15(17)14(16)8-13;1-7-5-3-2-4-6-7;1-2/h3-8H,9H2,1-2H3;7H,2-6H2,1H3;1-2H3. The molecule has 0 amide bonds. The Morgan fingerprint density at radius 2 is 1.52 bits per heavy atom. The Labute approximate surface area is 163 Å². The molecule has 0 heterocycles. The van der Waals surface area contributed by atoms with Gasteiger partial charge in [-0.05, 0) is 37.0 Å². The lowest BCUT2D eigenvalue weighted by atomic mass is 9.91. The number of ether oxygens (including phenoxy) is 1. The molecule has 0 saturated heterocycles. The zero-order valence-corrected chi connectivity index (χ0v) is 17.4. The molecule has 1 aliphatic carbocycles. The lowest BCUT2D eigenvalue weighted by Gasteiger charge is -2.15. The molecule has 27 heavy (non-hydrogen) atoms. The van der Waals surface area contributed by atoms with Crippen LogP contribution in [0.3, 0.4) is 0 Å². The van der Waals surface area contributed by atoms with Crippen molar-refractivity contribution in [3.63, 3.8) is 0 Å². The minimum atomic E-state index is -0.881. The summed E-state index contributed by atoms with van der Waals surface area (Å²) in [6.45, 7) is 10.2. The maximum atomic E-state index is 13.2. The van der Waals surface area contributed by atoms with Crippen LogP contribution in [-0.4, -0.2) is 0 Å². The lowest BCUT2D eigenvalue weighted by Crippen LogP contribution is -1.99. The fourth-order valence-corrected chi connectivity index (χ4v) is 2.94. The number of rotatable bonds is 3. The van der Waals surface area contributed by atoms with Crippen LogP contribution in [0.1, 0.15) is 69.6 Å². The molecule has 0 spiro atoms. The third-order valence-corrected chi connectivity index (χ3v) is 4.60. The van der Waals surface area contributed by atoms with E-state index in [0.717, 1.165) is 17.5 Å². The number of aryl methyl sites for hydroxylation is 2. The van der Waals surface area contributed by atoms with Gasteiger partial charge in [0.05, 0.1) is 0 Å². The first-order valence-corrected chi connectivity index (χ1v) is 10.1. The van der Waals surface area contributed by atoms with Crippen LogP contribution in [0.25, 0.3) is 0 Å². The lowest BCUT2D eigenvalue weighted by molar-refractivity contribution is 0.303. The molecule has 0 N–H and O–H groups in total. The Morgan fingerprint density at radius 3 is 2.00 bits per heavy atom. The van der Waals surface area contributed by atoms with Crippen molar-refractivity contribution >= 4 is 0 Å². The molecular formula is C24H34F2O. The fourth-order valence-electron chi connectivity index (χ4n) is 2.94. The van der Waals surface area contributed by atoms with E-state index in [1.165, 1.54) is 50.7 Å². The fraction of sp³-hybridized carbons (Fsp3) is 0.500. The second kappa shape index (κ2) is 12.5. The zero-order valence-electron chi connectivity index (χ0n) is 17.4. The predicted octanol–water partition coefficient (Wildman–Crippen LogP) is 7.77. The SMILES string of the molecule is CC.CC1CCCCC1.Cc1ccc(COc2cc(C)c(F)c(F)c2)cc1. The van der Waals surface area contributed by atoms with Gasteiger partial charge in [-0.1, -0.05) is 82.7 Å². The molecular weight excluding hydrogens is 342 g/mol. The first-order chi connectivity index (χ1) is 13.0. The summed E-state index contributed by atoms with van der Waals surface area (Å²) in [6.07, 6.45) is 7.44. The highest BCUT2D eigenvalue weighted by atomic mass is 19.2. The molecule has 1 saturated carbocycles. The average Bonchev–Trinajstić information content (AvgIpc) is 2.68. The van der Waals surface area contributed by atoms with Crippen molar-refractivity contribution in [2.45, 2.75) is 73.3 Å². The Bertz CT molecular complexity index is 636. The third-order valence-electron chi connectivity index (χ3n) is 4.60. The van der Waals surface area contributed by atoms with Crippen molar-refractivity contribution in [2.75, 3.05) is 0 Å². The van der Waals surface area contributed by atoms with Gasteiger partial charge in [0.25, 0.3) is 0 Å². The van der Waals surface area contributed by atoms with Crippen LogP contribution in [-0.2, 0) is 6.61 Å². The van der Waals surface area contributed by atoms with Crippen LogP contribution < -0.4 is 4.74 Å². The summed E-state index contributed by atoms with van der Waals surface area (Å²) < 4.78 is 31.7. The van der Waals surface area contributed by atoms with E-state index in [1.54, 1.807) is 0 Å². The minimum Gasteiger partial charge on any atom is -0.489 e. The van der Waals surface area contributed by atoms with E-state index in [0.29, 0.717) is 12.4 Å². The van der Waals surface area contributed by atoms with Crippen LogP contribution in [0, 0.1) is 31.4 Å². The quantitative estimate of drug-likeness (QED) is 0.531. The maximum Gasteiger partial charge on any atom is 0.162 e. The summed E-state index contributed by atoms with van der Waals surface area (Å²) in [5.74, 6) is -0.327. The highest BCUT2D eigenvalue weighted by Crippen LogP contribution is 2.22. The van der Waals surface area contributed by atoms with Gasteiger partial charge < -0.3 is 4.74 Å². The number of hydrogen-bond donors (Lipinski definition) is 0. The molecule has 0 bridgehead atoms. The van der Waals surface area contributed by atoms with Crippen LogP contribution in [0.15, 0.2) is 36.4 Å². The molecule has 0 unspecified atom stereocenters. The summed E-state index contributed by atoms with van der Waals surface area (Å²) in [7, 11) is 0. The van der Waals surface area contributed by atoms with E-state index < -0.39 is 11.6 Å². The van der Waals surface area contributed by atoms with E-state index in [4.69, 9.17) is 4.74 Å². The van der Waals surface area contributed by atoms with Gasteiger partial charge in [-0.15, -0.1) is 0 Å². The Hall–Kier alpha value is -1.90. The molecule has 2 aromatic rings. The first kappa shape index (κ1) is 23.1. The van der Waals surface area contributed by atoms with Crippen molar-refractivity contribution < 1.29 is 13.5 Å². The van der Waals surface area contributed by atoms with E-state index in [1.807, 2.05) is 45.0 Å². The van der Waals surface area contributed by atoms with E-state index in [9.17, 15) is 8.78 Å². The smallest absolute Gasteiger partial charge is 0.162 e. The number of halogens is 2. The van der Waals surface area contributed by atoms with E-state index >= 15 is 0 Å². The average molecular weight is 377 g/mol. The Balaban J connectivity index is 0.000000338. The normalized spacial score (nSPS) is 13.7. The Morgan fingerprint density at radius 1 is 0.926 bits per heavy atom. The molecule has 0 radical (unpaired) electrons. The highest BCUT2D eigenvalue weighted by Gasteiger charge is 2.08. The zero-order chi connectivity index (χ0) is 20.2. The number of benzene rings is 2. The minimum absolute atomic E-state index is 0.244. The first-order valence-electron chi connectivity index (χ1n) is 10.1. The second-order valence-corrected chi connectivity index (χ2v) is 7.05. The molecule has 3 heteroatoms. The summed E-state index contributed by atoms with van der Waals surface area (Å²) >= 11 is 0. The Kier molecular flexibility index (Phi) is 10.7. The van der Waals surface area contributed by atoms with Crippen molar-refractivity contribution in [3.05, 3.63) is 64.7 Å². The summed E-state index contributed by atoms with van der Waals surface area (Å²) in [4.78, 5) is 0. The predicted molar refractivity (Wildman–Crippen MR) is 110 cm³/mol. The molecule has 150 valence electrons. The molecule has 0 aliphatic heterocycles. The molecule has 1 fully saturated rings. The van der Waals surface area contributed by atoms with Gasteiger partial charge in [0.15, 0.2) is 11.6 Å². The van der Waals surface area contributed by atoms with Crippen molar-refractivity contribution in [1.82, 2.24) is 0 Å². The van der Waals surface area contributed by atoms with E-state index in [-0.39, 0.29) is 5.56 Å². The van der Waals surface area contributed by atoms with Gasteiger partial charge in [-0.25, -0.2) is 8.78 Å². The van der Waals surface area contributed by atoms with Crippen molar-refractivity contribution in [2.24, 2.45) is 5.92 Å². The van der Waals surface area contributed by atoms with Crippen LogP contribution in [0.5, 0.6) is 5.75 Å². The molecule has 1 aliphatic rings. The van der Waals surface area contributed by atoms with Crippen LogP contribution >= 0.6 is 0 Å². The number of hydrogen-bond acceptors (Lipinski definition) is 1. The van der Waals surface area contributed by atoms with Crippen molar-refractivity contribution in [3.8, 4) is 5.75 Å². The molecule has 1 nitrogen and oxygen atoms in total. The molecule has 0 atom stereocenters. The topological polar surface area (TPSA) is 9.23 Å². The van der Waals surface area contributed by atoms with E-state index in [2.05, 4.69) is 6.92 Å². The van der Waals surface area contributed by atoms with Crippen molar-refractivity contribution in [1.29, 1.82) is 0 Å². The molecule has 0 aromatic heterocycles. The largest absolute Gasteiger partial charge is 0.489 e. The van der Waals surface area contributed by atoms with Gasteiger partial charge in [0.1, 0.15) is 12.4 Å². The van der Waals surface area contributed by atoms with Gasteiger partial charge in [0, 0.05) is 6.07 Å². The van der Waals surface area contributed by atoms with Gasteiger partial charge in [-0.2, -0.15) is 0 Å². The maximum absolute atomic E-state index is 13.2. The van der Waals surface area contributed by atoms with Crippen LogP contribution in [0.2, 0.25) is 0 Å². The van der Waals surface area contributed by atoms with Gasteiger partial charge in [0.2, 0.25) is 0 Å². The van der Waals surface area contributed by atoms with Crippen LogP contribution in [0.4, 0.5) is 8.78 Å². The summed E-state index contributed by atoms with van der Waals surface area (Å²) in [6, 6.07) is 10.4. The van der Waals surface area contributed by atoms with Gasteiger partial charge in [-0.3, -0.25) is 0 Å². The monoisotopic (exact) mass is 376 g/mol. The third kappa shape index (κ3) is 8.55. The molecule has 3 rings (SSSR count). The summed E-state index contributed by atoms with van der Waals surface area (Å²) in [5.41, 5.74) is 2.40. The van der Waals surface area contributed by atoms with Gasteiger partial charge >= 0.3 is 0 Å².